The number of hydrazine groups is 1. The smallest absolute Gasteiger partial charge is 0.328 e. The summed E-state index contributed by atoms with van der Waals surface area (Å²) in [6, 6.07) is 25.9. The largest absolute Gasteiger partial charge is 0.480 e. The number of nitrogens with zero attached hydrogens (tertiary/aromatic N) is 3. The van der Waals surface area contributed by atoms with E-state index < -0.39 is 12.0 Å². The number of para-hydroxylation sites is 1. The number of hydrogen-bond donors (Lipinski definition) is 2. The number of allylic oxidation sites excluding steroid dienone is 1. The molecule has 0 saturated carbocycles. The monoisotopic (exact) mass is 554 g/mol. The van der Waals surface area contributed by atoms with Crippen molar-refractivity contribution in [3.8, 4) is 0 Å². The van der Waals surface area contributed by atoms with Gasteiger partial charge in [-0.1, -0.05) is 105 Å². The molecule has 0 radical (unpaired) electrons. The van der Waals surface area contributed by atoms with Crippen LogP contribution in [-0.4, -0.2) is 46.7 Å². The van der Waals surface area contributed by atoms with Crippen molar-refractivity contribution in [3.63, 3.8) is 0 Å². The van der Waals surface area contributed by atoms with Crippen molar-refractivity contribution in [2.75, 3.05) is 18.1 Å². The van der Waals surface area contributed by atoms with Crippen LogP contribution in [-0.2, 0) is 16.1 Å². The summed E-state index contributed by atoms with van der Waals surface area (Å²) in [6.07, 6.45) is 6.72. The summed E-state index contributed by atoms with van der Waals surface area (Å²) in [7, 11) is 0. The lowest BCUT2D eigenvalue weighted by molar-refractivity contribution is -0.138. The number of anilines is 1. The molecule has 0 aliphatic carbocycles. The highest BCUT2D eigenvalue weighted by atomic mass is 16.4. The zero-order valence-corrected chi connectivity index (χ0v) is 24.0. The molecule has 0 heterocycles. The Kier molecular flexibility index (Phi) is 13.0. The number of hydrogen-bond acceptors (Lipinski definition) is 5. The minimum Gasteiger partial charge on any atom is -0.480 e. The van der Waals surface area contributed by atoms with Crippen molar-refractivity contribution < 1.29 is 14.7 Å². The molecule has 3 N–H and O–H groups in total. The Morgan fingerprint density at radius 1 is 0.951 bits per heavy atom. The van der Waals surface area contributed by atoms with Gasteiger partial charge in [-0.2, -0.15) is 0 Å². The number of rotatable bonds is 17. The molecular weight excluding hydrogens is 512 g/mol. The molecule has 0 saturated heterocycles. The second-order valence-electron chi connectivity index (χ2n) is 10.1. The Labute approximate surface area is 244 Å². The molecule has 0 aliphatic rings. The highest BCUT2D eigenvalue weighted by Gasteiger charge is 2.23. The number of carboxylic acids is 1. The van der Waals surface area contributed by atoms with Crippen molar-refractivity contribution in [1.82, 2.24) is 4.90 Å². The number of aliphatic imine (C=N–C) groups is 1. The van der Waals surface area contributed by atoms with Gasteiger partial charge in [-0.25, -0.2) is 15.6 Å². The lowest BCUT2D eigenvalue weighted by Gasteiger charge is -2.26. The molecule has 0 bridgehead atoms. The zero-order valence-electron chi connectivity index (χ0n) is 24.0. The van der Waals surface area contributed by atoms with Gasteiger partial charge in [0, 0.05) is 17.7 Å². The molecule has 1 amide bonds. The summed E-state index contributed by atoms with van der Waals surface area (Å²) in [5.74, 6) is 5.25. The molecule has 0 spiro atoms. The SMILES string of the molecule is C=CCCCCC[C@H](/N=C(\c1ccccc1)c1ccccc1N(N)C(=O)CN(CCC)Cc1ccccc1)C(=O)O. The molecule has 3 aromatic carbocycles. The van der Waals surface area contributed by atoms with Crippen LogP contribution in [0, 0.1) is 0 Å². The van der Waals surface area contributed by atoms with E-state index in [9.17, 15) is 14.7 Å². The fourth-order valence-corrected chi connectivity index (χ4v) is 4.76. The summed E-state index contributed by atoms with van der Waals surface area (Å²) in [6.45, 7) is 7.37. The van der Waals surface area contributed by atoms with E-state index in [1.807, 2.05) is 84.9 Å². The van der Waals surface area contributed by atoms with Crippen LogP contribution in [0.5, 0.6) is 0 Å². The summed E-state index contributed by atoms with van der Waals surface area (Å²) >= 11 is 0. The van der Waals surface area contributed by atoms with E-state index in [0.717, 1.165) is 49.8 Å². The number of amides is 1. The van der Waals surface area contributed by atoms with E-state index in [0.29, 0.717) is 29.9 Å². The van der Waals surface area contributed by atoms with E-state index in [2.05, 4.69) is 18.4 Å². The molecule has 0 unspecified atom stereocenters. The van der Waals surface area contributed by atoms with Crippen LogP contribution in [0.3, 0.4) is 0 Å². The quantitative estimate of drug-likeness (QED) is 0.0514. The number of aliphatic carboxylic acids is 1. The van der Waals surface area contributed by atoms with Gasteiger partial charge in [0.1, 0.15) is 6.04 Å². The molecule has 0 aliphatic heterocycles. The third-order valence-electron chi connectivity index (χ3n) is 6.84. The van der Waals surface area contributed by atoms with E-state index in [4.69, 9.17) is 10.8 Å². The van der Waals surface area contributed by atoms with Gasteiger partial charge >= 0.3 is 5.97 Å². The minimum absolute atomic E-state index is 0.147. The van der Waals surface area contributed by atoms with Gasteiger partial charge < -0.3 is 5.11 Å². The first kappa shape index (κ1) is 31.5. The minimum atomic E-state index is -0.976. The van der Waals surface area contributed by atoms with Gasteiger partial charge in [0.2, 0.25) is 0 Å². The average molecular weight is 555 g/mol. The first-order valence-corrected chi connectivity index (χ1v) is 14.3. The normalized spacial score (nSPS) is 12.2. The van der Waals surface area contributed by atoms with Crippen LogP contribution in [0.4, 0.5) is 5.69 Å². The number of benzene rings is 3. The first-order chi connectivity index (χ1) is 19.9. The maximum atomic E-state index is 13.5. The van der Waals surface area contributed by atoms with Crippen molar-refractivity contribution in [1.29, 1.82) is 0 Å². The molecule has 0 aromatic heterocycles. The van der Waals surface area contributed by atoms with Crippen molar-refractivity contribution >= 4 is 23.3 Å². The van der Waals surface area contributed by atoms with Crippen molar-refractivity contribution in [3.05, 3.63) is 114 Å². The molecule has 41 heavy (non-hydrogen) atoms. The second kappa shape index (κ2) is 16.9. The Morgan fingerprint density at radius 3 is 2.27 bits per heavy atom. The van der Waals surface area contributed by atoms with Gasteiger partial charge in [0.25, 0.3) is 5.91 Å². The highest BCUT2D eigenvalue weighted by molar-refractivity contribution is 6.17. The van der Waals surface area contributed by atoms with E-state index in [-0.39, 0.29) is 12.5 Å². The third kappa shape index (κ3) is 9.81. The van der Waals surface area contributed by atoms with Gasteiger partial charge in [0.15, 0.2) is 0 Å². The molecule has 3 aromatic rings. The average Bonchev–Trinajstić information content (AvgIpc) is 2.99. The Bertz CT molecular complexity index is 1280. The van der Waals surface area contributed by atoms with Crippen molar-refractivity contribution in [2.45, 2.75) is 58.0 Å². The molecule has 3 rings (SSSR count). The van der Waals surface area contributed by atoms with E-state index in [1.165, 1.54) is 5.01 Å². The van der Waals surface area contributed by atoms with Gasteiger partial charge in [-0.05, 0) is 43.9 Å². The predicted molar refractivity (Wildman–Crippen MR) is 167 cm³/mol. The number of unbranched alkanes of at least 4 members (excludes halogenated alkanes) is 3. The standard InChI is InChI=1S/C34H42N4O3/c1-3-5-6-7-14-22-30(34(40)41)36-33(28-19-12-9-13-20-28)29-21-15-16-23-31(29)38(35)32(39)26-37(24-4-2)25-27-17-10-8-11-18-27/h3,8-13,15-21,23,30H,1,4-7,14,22,24-26,35H2,2H3,(H,40,41)/b36-33+/t30-/m0/s1. The van der Waals surface area contributed by atoms with Crippen LogP contribution in [0.1, 0.15) is 62.1 Å². The number of carbonyl (C=O) groups excluding carboxylic acids is 1. The number of carbonyl (C=O) groups is 2. The van der Waals surface area contributed by atoms with E-state index in [1.54, 1.807) is 6.07 Å². The fraction of sp³-hybridized carbons (Fsp3) is 0.324. The van der Waals surface area contributed by atoms with Crippen molar-refractivity contribution in [2.24, 2.45) is 10.8 Å². The van der Waals surface area contributed by atoms with Crippen LogP contribution < -0.4 is 10.9 Å². The lowest BCUT2D eigenvalue weighted by atomic mass is 9.99. The number of nitrogens with two attached hydrogens (primary N) is 1. The van der Waals surface area contributed by atoms with Gasteiger partial charge in [-0.15, -0.1) is 6.58 Å². The van der Waals surface area contributed by atoms with Crippen LogP contribution in [0.2, 0.25) is 0 Å². The summed E-state index contributed by atoms with van der Waals surface area (Å²) in [4.78, 5) is 32.6. The van der Waals surface area contributed by atoms with Crippen LogP contribution >= 0.6 is 0 Å². The maximum Gasteiger partial charge on any atom is 0.328 e. The Morgan fingerprint density at radius 2 is 1.61 bits per heavy atom. The Balaban J connectivity index is 1.91. The molecular formula is C34H42N4O3. The maximum absolute atomic E-state index is 13.5. The van der Waals surface area contributed by atoms with E-state index >= 15 is 0 Å². The molecule has 216 valence electrons. The number of carboxylic acid groups (broad SMARTS) is 1. The third-order valence-corrected chi connectivity index (χ3v) is 6.84. The summed E-state index contributed by atoms with van der Waals surface area (Å²) in [5.41, 5.74) is 3.47. The van der Waals surface area contributed by atoms with Crippen LogP contribution in [0.15, 0.2) is 103 Å². The topological polar surface area (TPSA) is 99.2 Å². The summed E-state index contributed by atoms with van der Waals surface area (Å²) < 4.78 is 0. The molecule has 0 fully saturated rings. The first-order valence-electron chi connectivity index (χ1n) is 14.3. The Hall–Kier alpha value is -4.07. The van der Waals surface area contributed by atoms with Crippen LogP contribution in [0.25, 0.3) is 0 Å². The van der Waals surface area contributed by atoms with Gasteiger partial charge in [0.05, 0.1) is 17.9 Å². The summed E-state index contributed by atoms with van der Waals surface area (Å²) in [5, 5.41) is 11.2. The molecule has 7 heteroatoms. The zero-order chi connectivity index (χ0) is 29.5. The molecule has 7 nitrogen and oxygen atoms in total. The molecule has 1 atom stereocenters. The lowest BCUT2D eigenvalue weighted by Crippen LogP contribution is -2.45. The fourth-order valence-electron chi connectivity index (χ4n) is 4.76. The second-order valence-corrected chi connectivity index (χ2v) is 10.1. The predicted octanol–water partition coefficient (Wildman–Crippen LogP) is 6.23. The highest BCUT2D eigenvalue weighted by Crippen LogP contribution is 2.24. The van der Waals surface area contributed by atoms with Gasteiger partial charge in [-0.3, -0.25) is 14.7 Å².